The second-order valence-electron chi connectivity index (χ2n) is 6.13. The smallest absolute Gasteiger partial charge is 0.276 e. The van der Waals surface area contributed by atoms with E-state index in [9.17, 15) is 13.2 Å². The molecule has 1 aliphatic heterocycles. The van der Waals surface area contributed by atoms with Crippen LogP contribution < -0.4 is 5.32 Å². The third-order valence-electron chi connectivity index (χ3n) is 4.34. The third-order valence-corrected chi connectivity index (χ3v) is 6.16. The number of hydrogen-bond donors (Lipinski definition) is 2. The quantitative estimate of drug-likeness (QED) is 0.809. The summed E-state index contributed by atoms with van der Waals surface area (Å²) in [6, 6.07) is 4.68. The first kappa shape index (κ1) is 17.7. The van der Waals surface area contributed by atoms with Crippen molar-refractivity contribution in [1.29, 1.82) is 0 Å². The topological polar surface area (TPSA) is 108 Å². The lowest BCUT2D eigenvalue weighted by molar-refractivity contribution is -0.119. The monoisotopic (exact) mass is 366 g/mol. The van der Waals surface area contributed by atoms with Gasteiger partial charge < -0.3 is 9.73 Å². The van der Waals surface area contributed by atoms with Gasteiger partial charge in [0.2, 0.25) is 11.0 Å². The maximum Gasteiger partial charge on any atom is 0.276 e. The van der Waals surface area contributed by atoms with Gasteiger partial charge in [0.25, 0.3) is 10.0 Å². The molecule has 136 valence electrons. The van der Waals surface area contributed by atoms with Gasteiger partial charge in [-0.15, -0.1) is 0 Å². The van der Waals surface area contributed by atoms with Gasteiger partial charge in [-0.25, -0.2) is 8.42 Å². The van der Waals surface area contributed by atoms with Crippen molar-refractivity contribution < 1.29 is 17.6 Å². The van der Waals surface area contributed by atoms with Gasteiger partial charge in [0, 0.05) is 32.3 Å². The number of aromatic amines is 1. The molecule has 2 aromatic heterocycles. The second kappa shape index (κ2) is 7.40. The van der Waals surface area contributed by atoms with Crippen LogP contribution in [0.15, 0.2) is 33.9 Å². The van der Waals surface area contributed by atoms with E-state index in [-0.39, 0.29) is 17.0 Å². The molecule has 0 spiro atoms. The molecule has 0 radical (unpaired) electrons. The summed E-state index contributed by atoms with van der Waals surface area (Å²) in [6.45, 7) is 2.38. The number of nitrogens with one attached hydrogen (secondary N) is 2. The largest absolute Gasteiger partial charge is 0.442 e. The summed E-state index contributed by atoms with van der Waals surface area (Å²) >= 11 is 0. The highest BCUT2D eigenvalue weighted by Crippen LogP contribution is 2.30. The normalized spacial score (nSPS) is 19.0. The average molecular weight is 366 g/mol. The molecule has 1 saturated heterocycles. The Bertz CT molecular complexity index is 813. The van der Waals surface area contributed by atoms with Gasteiger partial charge in [-0.3, -0.25) is 9.89 Å². The van der Waals surface area contributed by atoms with E-state index in [0.717, 1.165) is 19.3 Å². The molecule has 0 saturated carbocycles. The van der Waals surface area contributed by atoms with E-state index in [0.29, 0.717) is 31.0 Å². The first-order chi connectivity index (χ1) is 12.0. The van der Waals surface area contributed by atoms with E-state index in [1.165, 1.54) is 17.3 Å². The number of hydrogen-bond acceptors (Lipinski definition) is 5. The number of sulfonamides is 1. The number of nitrogens with zero attached hydrogens (tertiary/aromatic N) is 2. The van der Waals surface area contributed by atoms with Crippen LogP contribution in [-0.2, 0) is 14.8 Å². The van der Waals surface area contributed by atoms with Crippen LogP contribution in [0.5, 0.6) is 0 Å². The third kappa shape index (κ3) is 3.93. The number of aromatic nitrogens is 2. The van der Waals surface area contributed by atoms with Crippen molar-refractivity contribution in [2.24, 2.45) is 0 Å². The average Bonchev–Trinajstić information content (AvgIpc) is 3.26. The molecular formula is C16H22N4O4S. The Morgan fingerprint density at radius 2 is 2.24 bits per heavy atom. The van der Waals surface area contributed by atoms with E-state index in [1.54, 1.807) is 18.3 Å². The van der Waals surface area contributed by atoms with Gasteiger partial charge in [-0.05, 0) is 37.5 Å². The number of H-pyrrole nitrogens is 1. The predicted octanol–water partition coefficient (Wildman–Crippen LogP) is 1.74. The number of carbonyl (C=O) groups excluding carboxylic acids is 1. The Hall–Kier alpha value is -2.13. The fraction of sp³-hybridized carbons (Fsp3) is 0.500. The number of carbonyl (C=O) groups is 1. The van der Waals surface area contributed by atoms with E-state index in [1.807, 2.05) is 0 Å². The maximum atomic E-state index is 13.0. The van der Waals surface area contributed by atoms with Crippen LogP contribution in [0.25, 0.3) is 11.5 Å². The Balaban J connectivity index is 1.78. The molecule has 1 unspecified atom stereocenters. The van der Waals surface area contributed by atoms with Crippen LogP contribution in [0.1, 0.15) is 32.6 Å². The molecule has 1 aliphatic rings. The summed E-state index contributed by atoms with van der Waals surface area (Å²) in [4.78, 5) is 11.0. The Labute approximate surface area is 146 Å². The highest BCUT2D eigenvalue weighted by atomic mass is 32.2. The maximum absolute atomic E-state index is 13.0. The van der Waals surface area contributed by atoms with Crippen molar-refractivity contribution in [3.63, 3.8) is 0 Å². The van der Waals surface area contributed by atoms with Crippen molar-refractivity contribution in [2.45, 2.75) is 43.7 Å². The fourth-order valence-electron chi connectivity index (χ4n) is 3.11. The summed E-state index contributed by atoms with van der Waals surface area (Å²) in [6.07, 6.45) is 4.76. The molecule has 8 nitrogen and oxygen atoms in total. The molecule has 0 aliphatic carbocycles. The van der Waals surface area contributed by atoms with Gasteiger partial charge in [0.05, 0.1) is 0 Å². The minimum absolute atomic E-state index is 0.0662. The molecule has 0 aromatic carbocycles. The van der Waals surface area contributed by atoms with Gasteiger partial charge in [-0.1, -0.05) is 6.42 Å². The number of rotatable bonds is 6. The summed E-state index contributed by atoms with van der Waals surface area (Å²) < 4.78 is 33.1. The molecule has 1 atom stereocenters. The molecule has 1 fully saturated rings. The van der Waals surface area contributed by atoms with Crippen molar-refractivity contribution in [1.82, 2.24) is 19.8 Å². The molecule has 0 bridgehead atoms. The van der Waals surface area contributed by atoms with Crippen LogP contribution in [-0.4, -0.2) is 48.0 Å². The first-order valence-electron chi connectivity index (χ1n) is 8.34. The van der Waals surface area contributed by atoms with Crippen molar-refractivity contribution in [2.75, 3.05) is 13.1 Å². The van der Waals surface area contributed by atoms with Gasteiger partial charge in [0.1, 0.15) is 5.69 Å². The molecule has 2 N–H and O–H groups in total. The van der Waals surface area contributed by atoms with Crippen molar-refractivity contribution >= 4 is 15.9 Å². The lowest BCUT2D eigenvalue weighted by Crippen LogP contribution is -2.44. The van der Waals surface area contributed by atoms with E-state index >= 15 is 0 Å². The summed E-state index contributed by atoms with van der Waals surface area (Å²) in [7, 11) is -3.71. The van der Waals surface area contributed by atoms with Crippen LogP contribution in [0.2, 0.25) is 0 Å². The summed E-state index contributed by atoms with van der Waals surface area (Å²) in [5.74, 6) is 0.323. The van der Waals surface area contributed by atoms with Gasteiger partial charge >= 0.3 is 0 Å². The zero-order valence-electron chi connectivity index (χ0n) is 14.1. The number of amides is 1. The highest BCUT2D eigenvalue weighted by molar-refractivity contribution is 7.89. The van der Waals surface area contributed by atoms with Crippen molar-refractivity contribution in [3.8, 4) is 11.5 Å². The van der Waals surface area contributed by atoms with Crippen LogP contribution in [0.3, 0.4) is 0 Å². The minimum atomic E-state index is -3.71. The fourth-order valence-corrected chi connectivity index (χ4v) is 4.74. The SMILES string of the molecule is CC(=O)NCCC1CCCCN1S(=O)(=O)c1ccc(-c2ccn[nH]2)o1. The van der Waals surface area contributed by atoms with Crippen LogP contribution in [0.4, 0.5) is 0 Å². The lowest BCUT2D eigenvalue weighted by Gasteiger charge is -2.34. The second-order valence-corrected chi connectivity index (χ2v) is 7.95. The van der Waals surface area contributed by atoms with Gasteiger partial charge in [-0.2, -0.15) is 9.40 Å². The first-order valence-corrected chi connectivity index (χ1v) is 9.78. The Morgan fingerprint density at radius 1 is 1.40 bits per heavy atom. The number of furan rings is 1. The minimum Gasteiger partial charge on any atom is -0.442 e. The van der Waals surface area contributed by atoms with E-state index < -0.39 is 10.0 Å². The summed E-state index contributed by atoms with van der Waals surface area (Å²) in [5, 5.41) is 9.26. The molecular weight excluding hydrogens is 344 g/mol. The molecule has 9 heteroatoms. The Morgan fingerprint density at radius 3 is 2.96 bits per heavy atom. The predicted molar refractivity (Wildman–Crippen MR) is 91.1 cm³/mol. The molecule has 25 heavy (non-hydrogen) atoms. The molecule has 3 heterocycles. The lowest BCUT2D eigenvalue weighted by atomic mass is 10.0. The van der Waals surface area contributed by atoms with Gasteiger partial charge in [0.15, 0.2) is 5.76 Å². The summed E-state index contributed by atoms with van der Waals surface area (Å²) in [5.41, 5.74) is 0.627. The van der Waals surface area contributed by atoms with Crippen molar-refractivity contribution in [3.05, 3.63) is 24.4 Å². The molecule has 2 aromatic rings. The Kier molecular flexibility index (Phi) is 5.24. The van der Waals surface area contributed by atoms with E-state index in [2.05, 4.69) is 15.5 Å². The standard InChI is InChI=1S/C16H22N4O4S/c1-12(21)17-9-7-13-4-2-3-11-20(13)25(22,23)16-6-5-15(24-16)14-8-10-18-19-14/h5-6,8,10,13H,2-4,7,9,11H2,1H3,(H,17,21)(H,18,19). The zero-order chi connectivity index (χ0) is 17.9. The highest BCUT2D eigenvalue weighted by Gasteiger charge is 2.35. The zero-order valence-corrected chi connectivity index (χ0v) is 14.9. The van der Waals surface area contributed by atoms with Crippen LogP contribution >= 0.6 is 0 Å². The van der Waals surface area contributed by atoms with Crippen LogP contribution in [0, 0.1) is 0 Å². The molecule has 1 amide bonds. The number of piperidine rings is 1. The van der Waals surface area contributed by atoms with E-state index in [4.69, 9.17) is 4.42 Å². The molecule has 3 rings (SSSR count).